The molecule has 0 spiro atoms. The molecule has 2 aromatic carbocycles. The van der Waals surface area contributed by atoms with Gasteiger partial charge >= 0.3 is 0 Å². The van der Waals surface area contributed by atoms with E-state index in [1.165, 1.54) is 0 Å². The molecule has 31 heavy (non-hydrogen) atoms. The van der Waals surface area contributed by atoms with Crippen LogP contribution < -0.4 is 5.32 Å². The highest BCUT2D eigenvalue weighted by Crippen LogP contribution is 2.34. The predicted octanol–water partition coefficient (Wildman–Crippen LogP) is 3.87. The van der Waals surface area contributed by atoms with Gasteiger partial charge in [0.05, 0.1) is 48.5 Å². The number of ether oxygens (including phenoxy) is 1. The van der Waals surface area contributed by atoms with Crippen molar-refractivity contribution in [3.63, 3.8) is 0 Å². The molecule has 1 N–H and O–H groups in total. The average Bonchev–Trinajstić information content (AvgIpc) is 2.81. The topological polar surface area (TPSA) is 78.2 Å². The van der Waals surface area contributed by atoms with Crippen LogP contribution in [0.25, 0.3) is 22.4 Å². The van der Waals surface area contributed by atoms with Gasteiger partial charge in [-0.05, 0) is 30.7 Å². The maximum absolute atomic E-state index is 12.8. The van der Waals surface area contributed by atoms with Crippen molar-refractivity contribution in [2.75, 3.05) is 38.2 Å². The number of nitrogens with zero attached hydrogens (tertiary/aromatic N) is 3. The smallest absolute Gasteiger partial charge is 0.238 e. The minimum absolute atomic E-state index is 0.0862. The van der Waals surface area contributed by atoms with E-state index in [0.717, 1.165) is 41.2 Å². The summed E-state index contributed by atoms with van der Waals surface area (Å²) >= 11 is 0. The molecule has 0 bridgehead atoms. The van der Waals surface area contributed by atoms with Crippen LogP contribution in [0.2, 0.25) is 0 Å². The number of aryl methyl sites for hydroxylation is 1. The number of aromatic nitrogens is 1. The first kappa shape index (κ1) is 20.7. The molecule has 4 rings (SSSR count). The second-order valence-electron chi connectivity index (χ2n) is 7.51. The standard InChI is InChI=1S/C25H24N4O2/c1-18-25(28-24(30)17-29-10-12-31-13-11-29)22(21-9-5-6-19(14-21)16-26)15-23(27-18)20-7-3-2-4-8-20/h2-9,14-15H,10-13,17H2,1H3,(H,28,30). The fraction of sp³-hybridized carbons (Fsp3) is 0.240. The molecule has 0 atom stereocenters. The lowest BCUT2D eigenvalue weighted by atomic mass is 9.98. The Labute approximate surface area is 182 Å². The molecule has 2 heterocycles. The van der Waals surface area contributed by atoms with Crippen molar-refractivity contribution in [1.82, 2.24) is 9.88 Å². The van der Waals surface area contributed by atoms with Crippen LogP contribution in [0, 0.1) is 18.3 Å². The maximum atomic E-state index is 12.8. The normalized spacial score (nSPS) is 14.1. The molecule has 0 saturated carbocycles. The van der Waals surface area contributed by atoms with Gasteiger partial charge in [0.1, 0.15) is 0 Å². The first-order chi connectivity index (χ1) is 15.1. The van der Waals surface area contributed by atoms with Crippen molar-refractivity contribution >= 4 is 11.6 Å². The molecule has 1 saturated heterocycles. The number of benzene rings is 2. The van der Waals surface area contributed by atoms with E-state index in [2.05, 4.69) is 16.3 Å². The Kier molecular flexibility index (Phi) is 6.37. The van der Waals surface area contributed by atoms with Gasteiger partial charge in [-0.3, -0.25) is 14.7 Å². The minimum Gasteiger partial charge on any atom is -0.379 e. The Bertz CT molecular complexity index is 1120. The Morgan fingerprint density at radius 2 is 1.84 bits per heavy atom. The summed E-state index contributed by atoms with van der Waals surface area (Å²) in [5, 5.41) is 12.4. The van der Waals surface area contributed by atoms with Gasteiger partial charge in [-0.1, -0.05) is 42.5 Å². The van der Waals surface area contributed by atoms with Gasteiger partial charge < -0.3 is 10.1 Å². The van der Waals surface area contributed by atoms with Gasteiger partial charge in [0.15, 0.2) is 0 Å². The number of hydrogen-bond donors (Lipinski definition) is 1. The van der Waals surface area contributed by atoms with Gasteiger partial charge in [0.25, 0.3) is 0 Å². The number of anilines is 1. The number of rotatable bonds is 5. The zero-order chi connectivity index (χ0) is 21.6. The molecule has 1 aromatic heterocycles. The third-order valence-electron chi connectivity index (χ3n) is 5.31. The van der Waals surface area contributed by atoms with Gasteiger partial charge in [-0.15, -0.1) is 0 Å². The second kappa shape index (κ2) is 9.52. The van der Waals surface area contributed by atoms with E-state index in [4.69, 9.17) is 9.72 Å². The number of amides is 1. The summed E-state index contributed by atoms with van der Waals surface area (Å²) in [6.45, 7) is 4.98. The minimum atomic E-state index is -0.0862. The number of morpholine rings is 1. The SMILES string of the molecule is Cc1nc(-c2ccccc2)cc(-c2cccc(C#N)c2)c1NC(=O)CN1CCOCC1. The second-order valence-corrected chi connectivity index (χ2v) is 7.51. The first-order valence-corrected chi connectivity index (χ1v) is 10.3. The van der Waals surface area contributed by atoms with Crippen molar-refractivity contribution in [3.8, 4) is 28.5 Å². The quantitative estimate of drug-likeness (QED) is 0.688. The van der Waals surface area contributed by atoms with Gasteiger partial charge in [0.2, 0.25) is 5.91 Å². The molecule has 3 aromatic rings. The van der Waals surface area contributed by atoms with Crippen molar-refractivity contribution in [2.24, 2.45) is 0 Å². The van der Waals surface area contributed by atoms with E-state index in [-0.39, 0.29) is 5.91 Å². The number of pyridine rings is 1. The predicted molar refractivity (Wildman–Crippen MR) is 120 cm³/mol. The van der Waals surface area contributed by atoms with E-state index in [1.807, 2.05) is 61.5 Å². The lowest BCUT2D eigenvalue weighted by molar-refractivity contribution is -0.118. The number of carbonyl (C=O) groups excluding carboxylic acids is 1. The fourth-order valence-electron chi connectivity index (χ4n) is 3.71. The molecule has 1 fully saturated rings. The zero-order valence-corrected chi connectivity index (χ0v) is 17.5. The molecule has 1 amide bonds. The highest BCUT2D eigenvalue weighted by Gasteiger charge is 2.18. The van der Waals surface area contributed by atoms with Crippen LogP contribution in [0.4, 0.5) is 5.69 Å². The molecule has 1 aliphatic heterocycles. The van der Waals surface area contributed by atoms with E-state index < -0.39 is 0 Å². The van der Waals surface area contributed by atoms with Crippen LogP contribution in [-0.4, -0.2) is 48.6 Å². The Morgan fingerprint density at radius 3 is 2.58 bits per heavy atom. The monoisotopic (exact) mass is 412 g/mol. The molecule has 6 nitrogen and oxygen atoms in total. The first-order valence-electron chi connectivity index (χ1n) is 10.3. The largest absolute Gasteiger partial charge is 0.379 e. The third-order valence-corrected chi connectivity index (χ3v) is 5.31. The van der Waals surface area contributed by atoms with E-state index in [0.29, 0.717) is 31.0 Å². The van der Waals surface area contributed by atoms with Crippen LogP contribution in [0.5, 0.6) is 0 Å². The van der Waals surface area contributed by atoms with E-state index in [9.17, 15) is 10.1 Å². The third kappa shape index (κ3) is 4.97. The number of nitrogens with one attached hydrogen (secondary N) is 1. The van der Waals surface area contributed by atoms with Crippen LogP contribution in [0.1, 0.15) is 11.3 Å². The molecule has 0 radical (unpaired) electrons. The summed E-state index contributed by atoms with van der Waals surface area (Å²) in [6, 6.07) is 21.5. The Morgan fingerprint density at radius 1 is 1.10 bits per heavy atom. The summed E-state index contributed by atoms with van der Waals surface area (Å²) in [6.07, 6.45) is 0. The maximum Gasteiger partial charge on any atom is 0.238 e. The van der Waals surface area contributed by atoms with Gasteiger partial charge in [-0.2, -0.15) is 5.26 Å². The van der Waals surface area contributed by atoms with Crippen LogP contribution in [-0.2, 0) is 9.53 Å². The Hall–Kier alpha value is -3.53. The van der Waals surface area contributed by atoms with Gasteiger partial charge in [-0.25, -0.2) is 0 Å². The lowest BCUT2D eigenvalue weighted by Gasteiger charge is -2.26. The van der Waals surface area contributed by atoms with Gasteiger partial charge in [0, 0.05) is 24.2 Å². The number of hydrogen-bond acceptors (Lipinski definition) is 5. The van der Waals surface area contributed by atoms with Crippen LogP contribution in [0.3, 0.4) is 0 Å². The average molecular weight is 412 g/mol. The Balaban J connectivity index is 1.72. The van der Waals surface area contributed by atoms with Crippen molar-refractivity contribution < 1.29 is 9.53 Å². The summed E-state index contributed by atoms with van der Waals surface area (Å²) in [5.74, 6) is -0.0862. The summed E-state index contributed by atoms with van der Waals surface area (Å²) in [5.41, 5.74) is 5.50. The number of carbonyl (C=O) groups is 1. The van der Waals surface area contributed by atoms with Crippen LogP contribution >= 0.6 is 0 Å². The molecule has 0 aliphatic carbocycles. The molecule has 6 heteroatoms. The van der Waals surface area contributed by atoms with Crippen LogP contribution in [0.15, 0.2) is 60.7 Å². The molecule has 0 unspecified atom stereocenters. The highest BCUT2D eigenvalue weighted by molar-refractivity contribution is 5.98. The summed E-state index contributed by atoms with van der Waals surface area (Å²) in [4.78, 5) is 19.7. The summed E-state index contributed by atoms with van der Waals surface area (Å²) < 4.78 is 5.36. The van der Waals surface area contributed by atoms with Crippen molar-refractivity contribution in [3.05, 3.63) is 71.9 Å². The molecule has 1 aliphatic rings. The zero-order valence-electron chi connectivity index (χ0n) is 17.5. The van der Waals surface area contributed by atoms with Crippen molar-refractivity contribution in [1.29, 1.82) is 5.26 Å². The molecule has 156 valence electrons. The number of nitriles is 1. The summed E-state index contributed by atoms with van der Waals surface area (Å²) in [7, 11) is 0. The van der Waals surface area contributed by atoms with E-state index >= 15 is 0 Å². The lowest BCUT2D eigenvalue weighted by Crippen LogP contribution is -2.41. The highest BCUT2D eigenvalue weighted by atomic mass is 16.5. The van der Waals surface area contributed by atoms with E-state index in [1.54, 1.807) is 6.07 Å². The fourth-order valence-corrected chi connectivity index (χ4v) is 3.71. The van der Waals surface area contributed by atoms with Crippen molar-refractivity contribution in [2.45, 2.75) is 6.92 Å². The molecular weight excluding hydrogens is 388 g/mol. The molecular formula is C25H24N4O2.